The van der Waals surface area contributed by atoms with Crippen molar-refractivity contribution in [2.75, 3.05) is 5.32 Å². The second kappa shape index (κ2) is 6.77. The summed E-state index contributed by atoms with van der Waals surface area (Å²) >= 11 is 0. The summed E-state index contributed by atoms with van der Waals surface area (Å²) in [6, 6.07) is 11.9. The number of carbonyl (C=O) groups is 1. The zero-order chi connectivity index (χ0) is 14.4. The van der Waals surface area contributed by atoms with E-state index in [-0.39, 0.29) is 5.91 Å². The van der Waals surface area contributed by atoms with Crippen LogP contribution < -0.4 is 11.1 Å². The minimum absolute atomic E-state index is 0.297. The van der Waals surface area contributed by atoms with Crippen LogP contribution in [0.15, 0.2) is 48.7 Å². The van der Waals surface area contributed by atoms with Gasteiger partial charge < -0.3 is 11.1 Å². The molecule has 0 spiro atoms. The number of nitrogens with zero attached hydrogens (tertiary/aromatic N) is 1. The van der Waals surface area contributed by atoms with E-state index in [9.17, 15) is 9.18 Å². The van der Waals surface area contributed by atoms with Crippen LogP contribution in [0.25, 0.3) is 0 Å². The topological polar surface area (TPSA) is 68.0 Å². The molecule has 0 aliphatic heterocycles. The number of pyridine rings is 1. The van der Waals surface area contributed by atoms with Crippen LogP contribution in [0.2, 0.25) is 0 Å². The lowest BCUT2D eigenvalue weighted by Gasteiger charge is -2.12. The number of rotatable bonds is 5. The first-order chi connectivity index (χ1) is 9.65. The van der Waals surface area contributed by atoms with Crippen molar-refractivity contribution in [1.29, 1.82) is 0 Å². The number of aryl methyl sites for hydroxylation is 1. The fraction of sp³-hybridized carbons (Fsp3) is 0.200. The Morgan fingerprint density at radius 3 is 2.65 bits per heavy atom. The number of hydrogen-bond donors (Lipinski definition) is 2. The van der Waals surface area contributed by atoms with E-state index in [1.807, 2.05) is 30.3 Å². The van der Waals surface area contributed by atoms with E-state index in [0.717, 1.165) is 12.0 Å². The Hall–Kier alpha value is -2.27. The molecule has 3 N–H and O–H groups in total. The molecule has 2 aromatic rings. The Balaban J connectivity index is 1.84. The third kappa shape index (κ3) is 4.13. The molecule has 4 nitrogen and oxygen atoms in total. The van der Waals surface area contributed by atoms with Crippen LogP contribution in [0.4, 0.5) is 10.1 Å². The molecule has 1 aromatic heterocycles. The zero-order valence-electron chi connectivity index (χ0n) is 10.9. The van der Waals surface area contributed by atoms with Crippen LogP contribution in [0.3, 0.4) is 0 Å². The molecular weight excluding hydrogens is 257 g/mol. The van der Waals surface area contributed by atoms with Gasteiger partial charge in [0.2, 0.25) is 11.9 Å². The van der Waals surface area contributed by atoms with Crippen molar-refractivity contribution in [3.8, 4) is 0 Å². The first-order valence-corrected chi connectivity index (χ1v) is 6.37. The Labute approximate surface area is 116 Å². The average Bonchev–Trinajstić information content (AvgIpc) is 2.48. The predicted octanol–water partition coefficient (Wildman–Crippen LogP) is 2.12. The van der Waals surface area contributed by atoms with Gasteiger partial charge in [0.1, 0.15) is 0 Å². The van der Waals surface area contributed by atoms with Crippen molar-refractivity contribution in [2.24, 2.45) is 5.73 Å². The van der Waals surface area contributed by atoms with E-state index in [4.69, 9.17) is 5.73 Å². The minimum atomic E-state index is -0.611. The number of nitrogens with one attached hydrogen (secondary N) is 1. The van der Waals surface area contributed by atoms with Crippen molar-refractivity contribution in [2.45, 2.75) is 18.9 Å². The average molecular weight is 273 g/mol. The zero-order valence-corrected chi connectivity index (χ0v) is 10.9. The molecule has 1 heterocycles. The van der Waals surface area contributed by atoms with E-state index in [0.29, 0.717) is 12.1 Å². The maximum absolute atomic E-state index is 12.6. The smallest absolute Gasteiger partial charge is 0.241 e. The van der Waals surface area contributed by atoms with Gasteiger partial charge in [0.25, 0.3) is 0 Å². The molecule has 104 valence electrons. The summed E-state index contributed by atoms with van der Waals surface area (Å²) in [5.74, 6) is -0.884. The minimum Gasteiger partial charge on any atom is -0.323 e. The van der Waals surface area contributed by atoms with Crippen LogP contribution in [0.1, 0.15) is 12.0 Å². The van der Waals surface area contributed by atoms with Gasteiger partial charge in [0.05, 0.1) is 17.9 Å². The maximum Gasteiger partial charge on any atom is 0.241 e. The van der Waals surface area contributed by atoms with E-state index in [1.165, 1.54) is 18.3 Å². The van der Waals surface area contributed by atoms with E-state index >= 15 is 0 Å². The number of benzene rings is 1. The molecule has 1 aromatic carbocycles. The number of amides is 1. The van der Waals surface area contributed by atoms with E-state index in [2.05, 4.69) is 10.3 Å². The highest BCUT2D eigenvalue weighted by Crippen LogP contribution is 2.08. The quantitative estimate of drug-likeness (QED) is 0.820. The van der Waals surface area contributed by atoms with Crippen molar-refractivity contribution in [1.82, 2.24) is 4.98 Å². The lowest BCUT2D eigenvalue weighted by molar-refractivity contribution is -0.117. The van der Waals surface area contributed by atoms with Gasteiger partial charge in [-0.1, -0.05) is 30.3 Å². The monoisotopic (exact) mass is 273 g/mol. The lowest BCUT2D eigenvalue weighted by atomic mass is 10.1. The van der Waals surface area contributed by atoms with Crippen LogP contribution in [-0.2, 0) is 11.2 Å². The van der Waals surface area contributed by atoms with Gasteiger partial charge in [-0.25, -0.2) is 4.98 Å². The van der Waals surface area contributed by atoms with Crippen molar-refractivity contribution in [3.63, 3.8) is 0 Å². The summed E-state index contributed by atoms with van der Waals surface area (Å²) in [5.41, 5.74) is 7.41. The molecule has 0 bridgehead atoms. The number of halogens is 1. The Morgan fingerprint density at radius 2 is 2.00 bits per heavy atom. The molecule has 0 saturated carbocycles. The number of aromatic nitrogens is 1. The summed E-state index contributed by atoms with van der Waals surface area (Å²) in [6.45, 7) is 0. The van der Waals surface area contributed by atoms with Gasteiger partial charge in [-0.2, -0.15) is 4.39 Å². The van der Waals surface area contributed by atoms with Crippen LogP contribution in [-0.4, -0.2) is 16.9 Å². The van der Waals surface area contributed by atoms with Crippen molar-refractivity contribution < 1.29 is 9.18 Å². The lowest BCUT2D eigenvalue weighted by Crippen LogP contribution is -2.36. The van der Waals surface area contributed by atoms with Gasteiger partial charge in [-0.15, -0.1) is 0 Å². The molecule has 5 heteroatoms. The summed E-state index contributed by atoms with van der Waals surface area (Å²) in [4.78, 5) is 15.3. The van der Waals surface area contributed by atoms with Crippen LogP contribution in [0, 0.1) is 5.95 Å². The molecule has 0 aliphatic rings. The Bertz CT molecular complexity index is 557. The largest absolute Gasteiger partial charge is 0.323 e. The first kappa shape index (κ1) is 14.1. The van der Waals surface area contributed by atoms with Gasteiger partial charge in [0.15, 0.2) is 0 Å². The summed E-state index contributed by atoms with van der Waals surface area (Å²) in [5, 5.41) is 2.61. The molecular formula is C15H16FN3O. The number of hydrogen-bond acceptors (Lipinski definition) is 3. The van der Waals surface area contributed by atoms with E-state index < -0.39 is 12.0 Å². The summed E-state index contributed by atoms with van der Waals surface area (Å²) in [6.07, 6.45) is 2.54. The molecule has 0 fully saturated rings. The Morgan fingerprint density at radius 1 is 1.25 bits per heavy atom. The van der Waals surface area contributed by atoms with Gasteiger partial charge in [-0.05, 0) is 30.5 Å². The number of anilines is 1. The second-order valence-electron chi connectivity index (χ2n) is 4.49. The van der Waals surface area contributed by atoms with Crippen molar-refractivity contribution >= 4 is 11.6 Å². The molecule has 0 saturated heterocycles. The highest BCUT2D eigenvalue weighted by atomic mass is 19.1. The standard InChI is InChI=1S/C15H16FN3O/c16-14-9-7-12(10-18-14)19-15(20)13(17)8-6-11-4-2-1-3-5-11/h1-5,7,9-10,13H,6,8,17H2,(H,19,20)/t13-/m1/s1. The maximum atomic E-state index is 12.6. The second-order valence-corrected chi connectivity index (χ2v) is 4.49. The molecule has 2 rings (SSSR count). The SMILES string of the molecule is N[C@H](CCc1ccccc1)C(=O)Nc1ccc(F)nc1. The van der Waals surface area contributed by atoms with Gasteiger partial charge in [-0.3, -0.25) is 4.79 Å². The van der Waals surface area contributed by atoms with Crippen LogP contribution in [0.5, 0.6) is 0 Å². The molecule has 1 amide bonds. The fourth-order valence-corrected chi connectivity index (χ4v) is 1.78. The molecule has 0 radical (unpaired) electrons. The van der Waals surface area contributed by atoms with Gasteiger partial charge >= 0.3 is 0 Å². The molecule has 1 atom stereocenters. The van der Waals surface area contributed by atoms with Gasteiger partial charge in [0, 0.05) is 0 Å². The van der Waals surface area contributed by atoms with Crippen LogP contribution >= 0.6 is 0 Å². The first-order valence-electron chi connectivity index (χ1n) is 6.37. The third-order valence-corrected chi connectivity index (χ3v) is 2.92. The summed E-state index contributed by atoms with van der Waals surface area (Å²) in [7, 11) is 0. The number of nitrogens with two attached hydrogens (primary N) is 1. The van der Waals surface area contributed by atoms with Crippen molar-refractivity contribution in [3.05, 3.63) is 60.2 Å². The fourth-order valence-electron chi connectivity index (χ4n) is 1.78. The highest BCUT2D eigenvalue weighted by molar-refractivity contribution is 5.94. The summed E-state index contributed by atoms with van der Waals surface area (Å²) < 4.78 is 12.6. The normalized spacial score (nSPS) is 11.9. The molecule has 20 heavy (non-hydrogen) atoms. The number of carbonyl (C=O) groups excluding carboxylic acids is 1. The molecule has 0 unspecified atom stereocenters. The molecule has 0 aliphatic carbocycles. The highest BCUT2D eigenvalue weighted by Gasteiger charge is 2.13. The third-order valence-electron chi connectivity index (χ3n) is 2.92. The van der Waals surface area contributed by atoms with E-state index in [1.54, 1.807) is 0 Å². The Kier molecular flexibility index (Phi) is 4.79. The predicted molar refractivity (Wildman–Crippen MR) is 75.6 cm³/mol.